The molecule has 3 nitrogen and oxygen atoms in total. The van der Waals surface area contributed by atoms with E-state index in [1.54, 1.807) is 11.3 Å². The van der Waals surface area contributed by atoms with Gasteiger partial charge < -0.3 is 5.32 Å². The fraction of sp³-hybridized carbons (Fsp3) is 0.389. The Morgan fingerprint density at radius 2 is 2.05 bits per heavy atom. The van der Waals surface area contributed by atoms with Crippen LogP contribution >= 0.6 is 11.3 Å². The molecule has 116 valence electrons. The lowest BCUT2D eigenvalue weighted by molar-refractivity contribution is -0.123. The minimum Gasteiger partial charge on any atom is -0.348 e. The molecule has 3 rings (SSSR count). The van der Waals surface area contributed by atoms with Gasteiger partial charge in [0.15, 0.2) is 0 Å². The second-order valence-corrected chi connectivity index (χ2v) is 6.91. The van der Waals surface area contributed by atoms with Gasteiger partial charge in [-0.1, -0.05) is 36.4 Å². The molecule has 1 fully saturated rings. The van der Waals surface area contributed by atoms with E-state index in [0.717, 1.165) is 6.54 Å². The smallest absolute Gasteiger partial charge is 0.234 e. The summed E-state index contributed by atoms with van der Waals surface area (Å²) in [7, 11) is 0. The summed E-state index contributed by atoms with van der Waals surface area (Å²) in [4.78, 5) is 15.8. The Hall–Kier alpha value is -1.65. The van der Waals surface area contributed by atoms with Crippen LogP contribution in [0.4, 0.5) is 0 Å². The van der Waals surface area contributed by atoms with Crippen molar-refractivity contribution in [2.75, 3.05) is 6.54 Å². The predicted octanol–water partition coefficient (Wildman–Crippen LogP) is 3.59. The van der Waals surface area contributed by atoms with Crippen LogP contribution in [0, 0.1) is 0 Å². The van der Waals surface area contributed by atoms with Crippen molar-refractivity contribution >= 4 is 17.2 Å². The molecule has 0 saturated heterocycles. The molecule has 0 radical (unpaired) electrons. The van der Waals surface area contributed by atoms with Gasteiger partial charge in [0.05, 0.1) is 12.6 Å². The third kappa shape index (κ3) is 4.18. The largest absolute Gasteiger partial charge is 0.348 e. The quantitative estimate of drug-likeness (QED) is 0.847. The standard InChI is InChI=1S/C18H22N2OS/c1-14(17-8-5-11-22-17)19-18(21)13-20(16-9-10-16)12-15-6-3-2-4-7-15/h2-8,11,14,16H,9-10,12-13H2,1H3,(H,19,21). The van der Waals surface area contributed by atoms with Crippen molar-refractivity contribution in [2.45, 2.75) is 38.4 Å². The number of nitrogens with one attached hydrogen (secondary N) is 1. The average Bonchev–Trinajstić information content (AvgIpc) is 3.21. The molecule has 0 bridgehead atoms. The number of carbonyl (C=O) groups excluding carboxylic acids is 1. The van der Waals surface area contributed by atoms with Gasteiger partial charge in [-0.2, -0.15) is 0 Å². The summed E-state index contributed by atoms with van der Waals surface area (Å²) in [6.45, 7) is 3.38. The summed E-state index contributed by atoms with van der Waals surface area (Å²) in [5.41, 5.74) is 1.27. The van der Waals surface area contributed by atoms with Crippen LogP contribution in [-0.4, -0.2) is 23.4 Å². The molecule has 1 unspecified atom stereocenters. The van der Waals surface area contributed by atoms with Gasteiger partial charge in [0.1, 0.15) is 0 Å². The molecule has 2 aromatic rings. The topological polar surface area (TPSA) is 32.3 Å². The Labute approximate surface area is 136 Å². The van der Waals surface area contributed by atoms with E-state index < -0.39 is 0 Å². The van der Waals surface area contributed by atoms with Crippen LogP contribution in [-0.2, 0) is 11.3 Å². The van der Waals surface area contributed by atoms with Crippen molar-refractivity contribution < 1.29 is 4.79 Å². The second-order valence-electron chi connectivity index (χ2n) is 5.93. The zero-order valence-electron chi connectivity index (χ0n) is 12.9. The number of hydrogen-bond acceptors (Lipinski definition) is 3. The second kappa shape index (κ2) is 7.07. The lowest BCUT2D eigenvalue weighted by Gasteiger charge is -2.22. The van der Waals surface area contributed by atoms with Crippen molar-refractivity contribution in [3.8, 4) is 0 Å². The van der Waals surface area contributed by atoms with E-state index in [4.69, 9.17) is 0 Å². The summed E-state index contributed by atoms with van der Waals surface area (Å²) in [6, 6.07) is 15.1. The number of carbonyl (C=O) groups is 1. The summed E-state index contributed by atoms with van der Waals surface area (Å²) < 4.78 is 0. The van der Waals surface area contributed by atoms with Gasteiger partial charge in [-0.3, -0.25) is 9.69 Å². The molecule has 1 N–H and O–H groups in total. The molecule has 1 atom stereocenters. The number of amides is 1. The summed E-state index contributed by atoms with van der Waals surface area (Å²) in [6.07, 6.45) is 2.42. The maximum absolute atomic E-state index is 12.3. The number of nitrogens with zero attached hydrogens (tertiary/aromatic N) is 1. The van der Waals surface area contributed by atoms with Gasteiger partial charge in [-0.15, -0.1) is 11.3 Å². The molecule has 1 aromatic heterocycles. The molecule has 1 aliphatic carbocycles. The number of rotatable bonds is 7. The maximum Gasteiger partial charge on any atom is 0.234 e. The highest BCUT2D eigenvalue weighted by Gasteiger charge is 2.30. The highest BCUT2D eigenvalue weighted by Crippen LogP contribution is 2.28. The third-order valence-corrected chi connectivity index (χ3v) is 5.04. The first-order valence-corrected chi connectivity index (χ1v) is 8.71. The monoisotopic (exact) mass is 314 g/mol. The average molecular weight is 314 g/mol. The van der Waals surface area contributed by atoms with Crippen LogP contribution in [0.5, 0.6) is 0 Å². The molecule has 4 heteroatoms. The van der Waals surface area contributed by atoms with Crippen LogP contribution in [0.3, 0.4) is 0 Å². The van der Waals surface area contributed by atoms with E-state index in [9.17, 15) is 4.79 Å². The van der Waals surface area contributed by atoms with Crippen LogP contribution in [0.15, 0.2) is 47.8 Å². The Balaban J connectivity index is 1.55. The van der Waals surface area contributed by atoms with Crippen LogP contribution in [0.2, 0.25) is 0 Å². The first-order valence-electron chi connectivity index (χ1n) is 7.83. The van der Waals surface area contributed by atoms with E-state index >= 15 is 0 Å². The highest BCUT2D eigenvalue weighted by atomic mass is 32.1. The van der Waals surface area contributed by atoms with Gasteiger partial charge in [-0.05, 0) is 36.8 Å². The zero-order valence-corrected chi connectivity index (χ0v) is 13.7. The molecule has 1 saturated carbocycles. The van der Waals surface area contributed by atoms with Crippen LogP contribution in [0.1, 0.15) is 36.2 Å². The maximum atomic E-state index is 12.3. The van der Waals surface area contributed by atoms with Crippen molar-refractivity contribution in [1.82, 2.24) is 10.2 Å². The van der Waals surface area contributed by atoms with Gasteiger partial charge in [0, 0.05) is 17.5 Å². The summed E-state index contributed by atoms with van der Waals surface area (Å²) in [5, 5.41) is 5.16. The van der Waals surface area contributed by atoms with Crippen LogP contribution < -0.4 is 5.32 Å². The van der Waals surface area contributed by atoms with Crippen molar-refractivity contribution in [3.63, 3.8) is 0 Å². The summed E-state index contributed by atoms with van der Waals surface area (Å²) in [5.74, 6) is 0.115. The number of thiophene rings is 1. The first-order chi connectivity index (χ1) is 10.7. The van der Waals surface area contributed by atoms with E-state index in [2.05, 4.69) is 40.5 Å². The molecule has 1 aromatic carbocycles. The molecule has 22 heavy (non-hydrogen) atoms. The van der Waals surface area contributed by atoms with E-state index in [1.807, 2.05) is 24.4 Å². The Morgan fingerprint density at radius 3 is 2.68 bits per heavy atom. The number of benzene rings is 1. The normalized spacial score (nSPS) is 15.7. The molecule has 1 heterocycles. The SMILES string of the molecule is CC(NC(=O)CN(Cc1ccccc1)C1CC1)c1cccs1. The molecular formula is C18H22N2OS. The lowest BCUT2D eigenvalue weighted by atomic mass is 10.2. The van der Waals surface area contributed by atoms with E-state index in [-0.39, 0.29) is 11.9 Å². The fourth-order valence-corrected chi connectivity index (χ4v) is 3.39. The first kappa shape index (κ1) is 15.3. The Morgan fingerprint density at radius 1 is 1.27 bits per heavy atom. The molecular weight excluding hydrogens is 292 g/mol. The zero-order chi connectivity index (χ0) is 15.4. The Kier molecular flexibility index (Phi) is 4.90. The van der Waals surface area contributed by atoms with Gasteiger partial charge in [-0.25, -0.2) is 0 Å². The number of hydrogen-bond donors (Lipinski definition) is 1. The molecule has 0 spiro atoms. The van der Waals surface area contributed by atoms with Crippen molar-refractivity contribution in [3.05, 3.63) is 58.3 Å². The Bertz CT molecular complexity index is 593. The van der Waals surface area contributed by atoms with Crippen molar-refractivity contribution in [1.29, 1.82) is 0 Å². The van der Waals surface area contributed by atoms with Gasteiger partial charge >= 0.3 is 0 Å². The molecule has 1 aliphatic rings. The molecule has 0 aliphatic heterocycles. The highest BCUT2D eigenvalue weighted by molar-refractivity contribution is 7.10. The minimum atomic E-state index is 0.0882. The van der Waals surface area contributed by atoms with Gasteiger partial charge in [0.25, 0.3) is 0 Å². The van der Waals surface area contributed by atoms with Crippen molar-refractivity contribution in [2.24, 2.45) is 0 Å². The van der Waals surface area contributed by atoms with Gasteiger partial charge in [0.2, 0.25) is 5.91 Å². The van der Waals surface area contributed by atoms with E-state index in [0.29, 0.717) is 12.6 Å². The molecule has 1 amide bonds. The summed E-state index contributed by atoms with van der Waals surface area (Å²) >= 11 is 1.68. The van der Waals surface area contributed by atoms with E-state index in [1.165, 1.54) is 23.3 Å². The minimum absolute atomic E-state index is 0.0882. The third-order valence-electron chi connectivity index (χ3n) is 3.99. The van der Waals surface area contributed by atoms with Crippen LogP contribution in [0.25, 0.3) is 0 Å². The fourth-order valence-electron chi connectivity index (χ4n) is 2.65. The predicted molar refractivity (Wildman–Crippen MR) is 90.8 cm³/mol. The lowest BCUT2D eigenvalue weighted by Crippen LogP contribution is -2.38.